The summed E-state index contributed by atoms with van der Waals surface area (Å²) in [5.41, 5.74) is 5.34. The number of anilines is 2. The van der Waals surface area contributed by atoms with Gasteiger partial charge in [0.15, 0.2) is 0 Å². The van der Waals surface area contributed by atoms with Gasteiger partial charge in [0.1, 0.15) is 0 Å². The van der Waals surface area contributed by atoms with Crippen molar-refractivity contribution < 1.29 is 9.84 Å². The average molecular weight is 218 g/mol. The maximum absolute atomic E-state index is 9.31. The van der Waals surface area contributed by atoms with Gasteiger partial charge in [-0.15, -0.1) is 0 Å². The lowest BCUT2D eigenvalue weighted by Gasteiger charge is -2.08. The van der Waals surface area contributed by atoms with Crippen molar-refractivity contribution in [1.29, 1.82) is 0 Å². The van der Waals surface area contributed by atoms with Gasteiger partial charge in [0, 0.05) is 25.2 Å². The third-order valence-electron chi connectivity index (χ3n) is 1.55. The van der Waals surface area contributed by atoms with Crippen LogP contribution in [0.3, 0.4) is 0 Å². The predicted molar refractivity (Wildman–Crippen MR) is 55.3 cm³/mol. The van der Waals surface area contributed by atoms with Crippen LogP contribution in [0, 0.1) is 0 Å². The Hall–Kier alpha value is -0.920. The summed E-state index contributed by atoms with van der Waals surface area (Å²) in [6.45, 7) is 0.971. The van der Waals surface area contributed by atoms with E-state index in [0.717, 1.165) is 0 Å². The van der Waals surface area contributed by atoms with Crippen LogP contribution < -0.4 is 11.1 Å². The quantitative estimate of drug-likeness (QED) is 0.619. The molecule has 0 amide bonds. The van der Waals surface area contributed by atoms with Gasteiger partial charge in [-0.3, -0.25) is 0 Å². The van der Waals surface area contributed by atoms with E-state index in [1.165, 1.54) is 11.5 Å². The van der Waals surface area contributed by atoms with Crippen molar-refractivity contribution >= 4 is 22.6 Å². The molecule has 1 aromatic rings. The van der Waals surface area contributed by atoms with Gasteiger partial charge in [-0.25, -0.2) is 0 Å². The van der Waals surface area contributed by atoms with Crippen molar-refractivity contribution in [2.24, 2.45) is 0 Å². The van der Waals surface area contributed by atoms with E-state index in [1.54, 1.807) is 7.11 Å². The Balaban J connectivity index is 2.15. The molecule has 14 heavy (non-hydrogen) atoms. The lowest BCUT2D eigenvalue weighted by atomic mass is 10.3. The monoisotopic (exact) mass is 218 g/mol. The first-order valence-electron chi connectivity index (χ1n) is 4.22. The van der Waals surface area contributed by atoms with Crippen molar-refractivity contribution in [3.05, 3.63) is 0 Å². The Bertz CT molecular complexity index is 268. The van der Waals surface area contributed by atoms with Crippen molar-refractivity contribution in [1.82, 2.24) is 9.36 Å². The van der Waals surface area contributed by atoms with E-state index >= 15 is 0 Å². The second-order valence-electron chi connectivity index (χ2n) is 2.78. The predicted octanol–water partition coefficient (Wildman–Crippen LogP) is -0.0704. The summed E-state index contributed by atoms with van der Waals surface area (Å²) in [7, 11) is 1.56. The molecule has 0 aliphatic rings. The second-order valence-corrected chi connectivity index (χ2v) is 3.53. The molecule has 80 valence electrons. The Morgan fingerprint density at radius 2 is 2.50 bits per heavy atom. The molecular formula is C7H14N4O2S. The lowest BCUT2D eigenvalue weighted by molar-refractivity contribution is 0.0615. The molecule has 0 saturated carbocycles. The van der Waals surface area contributed by atoms with Crippen LogP contribution in [0.5, 0.6) is 0 Å². The minimum Gasteiger partial charge on any atom is -0.391 e. The first-order valence-corrected chi connectivity index (χ1v) is 4.99. The summed E-state index contributed by atoms with van der Waals surface area (Å²) in [5, 5.41) is 13.0. The summed E-state index contributed by atoms with van der Waals surface area (Å²) < 4.78 is 8.60. The van der Waals surface area contributed by atoms with Crippen LogP contribution in [-0.2, 0) is 4.74 Å². The highest BCUT2D eigenvalue weighted by atomic mass is 32.1. The van der Waals surface area contributed by atoms with Crippen molar-refractivity contribution in [3.8, 4) is 0 Å². The first kappa shape index (κ1) is 11.2. The molecule has 4 N–H and O–H groups in total. The number of aliphatic hydroxyl groups excluding tert-OH is 1. The van der Waals surface area contributed by atoms with Crippen LogP contribution in [0.25, 0.3) is 0 Å². The maximum Gasteiger partial charge on any atom is 0.233 e. The molecule has 0 aromatic carbocycles. The molecule has 1 rings (SSSR count). The fourth-order valence-corrected chi connectivity index (χ4v) is 1.45. The summed E-state index contributed by atoms with van der Waals surface area (Å²) in [4.78, 5) is 3.91. The zero-order chi connectivity index (χ0) is 10.4. The molecule has 0 saturated heterocycles. The summed E-state index contributed by atoms with van der Waals surface area (Å²) in [6, 6.07) is 0. The molecule has 0 aliphatic carbocycles. The number of nitrogens with two attached hydrogens (primary N) is 1. The van der Waals surface area contributed by atoms with Crippen LogP contribution in [0.2, 0.25) is 0 Å². The maximum atomic E-state index is 9.31. The van der Waals surface area contributed by atoms with Gasteiger partial charge < -0.3 is 20.9 Å². The largest absolute Gasteiger partial charge is 0.391 e. The SMILES string of the molecule is COCC(O)CCNc1nc(N)ns1. The Labute approximate surface area is 86.3 Å². The van der Waals surface area contributed by atoms with Crippen LogP contribution in [0.1, 0.15) is 6.42 Å². The number of nitrogens with zero attached hydrogens (tertiary/aromatic N) is 2. The van der Waals surface area contributed by atoms with Crippen LogP contribution in [0.15, 0.2) is 0 Å². The van der Waals surface area contributed by atoms with Crippen molar-refractivity contribution in [2.45, 2.75) is 12.5 Å². The number of nitrogens with one attached hydrogen (secondary N) is 1. The van der Waals surface area contributed by atoms with E-state index in [1.807, 2.05) is 0 Å². The summed E-state index contributed by atoms with van der Waals surface area (Å²) in [6.07, 6.45) is 0.158. The molecule has 1 unspecified atom stereocenters. The number of hydrogen-bond acceptors (Lipinski definition) is 7. The molecule has 0 radical (unpaired) electrons. The number of nitrogen functional groups attached to an aromatic ring is 1. The fraction of sp³-hybridized carbons (Fsp3) is 0.714. The van der Waals surface area contributed by atoms with E-state index < -0.39 is 6.10 Å². The highest BCUT2D eigenvalue weighted by Gasteiger charge is 2.04. The average Bonchev–Trinajstić information content (AvgIpc) is 2.52. The number of hydrogen-bond donors (Lipinski definition) is 3. The third kappa shape index (κ3) is 3.86. The molecule has 1 atom stereocenters. The number of aromatic nitrogens is 2. The molecule has 0 bridgehead atoms. The Morgan fingerprint density at radius 3 is 3.07 bits per heavy atom. The highest BCUT2D eigenvalue weighted by Crippen LogP contribution is 2.11. The lowest BCUT2D eigenvalue weighted by Crippen LogP contribution is -2.18. The van der Waals surface area contributed by atoms with Gasteiger partial charge in [-0.2, -0.15) is 9.36 Å². The Kier molecular flexibility index (Phi) is 4.57. The van der Waals surface area contributed by atoms with Gasteiger partial charge >= 0.3 is 0 Å². The smallest absolute Gasteiger partial charge is 0.233 e. The molecule has 1 heterocycles. The number of rotatable bonds is 6. The Morgan fingerprint density at radius 1 is 1.71 bits per heavy atom. The van der Waals surface area contributed by atoms with Crippen LogP contribution in [-0.4, -0.2) is 40.8 Å². The van der Waals surface area contributed by atoms with Gasteiger partial charge in [0.2, 0.25) is 11.1 Å². The van der Waals surface area contributed by atoms with E-state index in [9.17, 15) is 5.11 Å². The third-order valence-corrected chi connectivity index (χ3v) is 2.24. The molecule has 6 nitrogen and oxygen atoms in total. The standard InChI is InChI=1S/C7H14N4O2S/c1-13-4-5(12)2-3-9-7-10-6(8)11-14-7/h5,12H,2-4H2,1H3,(H3,8,9,10,11). The van der Waals surface area contributed by atoms with Gasteiger partial charge in [-0.05, 0) is 6.42 Å². The van der Waals surface area contributed by atoms with Crippen LogP contribution in [0.4, 0.5) is 11.1 Å². The van der Waals surface area contributed by atoms with Gasteiger partial charge in [0.25, 0.3) is 0 Å². The zero-order valence-corrected chi connectivity index (χ0v) is 8.75. The highest BCUT2D eigenvalue weighted by molar-refractivity contribution is 7.09. The van der Waals surface area contributed by atoms with E-state index in [-0.39, 0.29) is 5.95 Å². The normalized spacial score (nSPS) is 12.7. The zero-order valence-electron chi connectivity index (χ0n) is 7.93. The van der Waals surface area contributed by atoms with E-state index in [0.29, 0.717) is 24.7 Å². The van der Waals surface area contributed by atoms with Gasteiger partial charge in [-0.1, -0.05) is 0 Å². The van der Waals surface area contributed by atoms with E-state index in [4.69, 9.17) is 10.5 Å². The van der Waals surface area contributed by atoms with E-state index in [2.05, 4.69) is 14.7 Å². The summed E-state index contributed by atoms with van der Waals surface area (Å²) in [5.74, 6) is 0.273. The van der Waals surface area contributed by atoms with Crippen molar-refractivity contribution in [2.75, 3.05) is 31.3 Å². The molecule has 0 spiro atoms. The number of methoxy groups -OCH3 is 1. The fourth-order valence-electron chi connectivity index (χ4n) is 0.928. The van der Waals surface area contributed by atoms with Crippen LogP contribution >= 0.6 is 11.5 Å². The van der Waals surface area contributed by atoms with Gasteiger partial charge in [0.05, 0.1) is 12.7 Å². The summed E-state index contributed by atoms with van der Waals surface area (Å²) >= 11 is 1.20. The molecular weight excluding hydrogens is 204 g/mol. The topological polar surface area (TPSA) is 93.3 Å². The second kappa shape index (κ2) is 5.74. The number of aliphatic hydroxyl groups is 1. The van der Waals surface area contributed by atoms with Crippen molar-refractivity contribution in [3.63, 3.8) is 0 Å². The minimum absolute atomic E-state index is 0.273. The minimum atomic E-state index is -0.447. The molecule has 0 aliphatic heterocycles. The number of ether oxygens (including phenoxy) is 1. The molecule has 1 aromatic heterocycles. The first-order chi connectivity index (χ1) is 6.72. The molecule has 7 heteroatoms. The molecule has 0 fully saturated rings.